The Labute approximate surface area is 197 Å². The molecule has 178 valence electrons. The predicted octanol–water partition coefficient (Wildman–Crippen LogP) is 6.16. The molecule has 2 heterocycles. The number of phenolic OH excluding ortho intramolecular Hbond substituents is 1. The molecular formula is C24H22F3N3O3S. The number of nitrogens with zero attached hydrogens (tertiary/aromatic N) is 1. The molecule has 2 aromatic carbocycles. The van der Waals surface area contributed by atoms with Gasteiger partial charge in [0.05, 0.1) is 15.9 Å². The van der Waals surface area contributed by atoms with Crippen molar-refractivity contribution < 1.29 is 28.2 Å². The summed E-state index contributed by atoms with van der Waals surface area (Å²) in [5.41, 5.74) is 5.29. The summed E-state index contributed by atoms with van der Waals surface area (Å²) in [5, 5.41) is 23.5. The fourth-order valence-electron chi connectivity index (χ4n) is 2.97. The number of carboxylic acid groups (broad SMARTS) is 1. The van der Waals surface area contributed by atoms with Gasteiger partial charge < -0.3 is 20.8 Å². The Morgan fingerprint density at radius 1 is 1.09 bits per heavy atom. The van der Waals surface area contributed by atoms with Gasteiger partial charge in [-0.15, -0.1) is 11.3 Å². The first-order valence-electron chi connectivity index (χ1n) is 10.2. The van der Waals surface area contributed by atoms with Gasteiger partial charge in [0.2, 0.25) is 0 Å². The van der Waals surface area contributed by atoms with Crippen LogP contribution in [0.25, 0.3) is 20.7 Å². The van der Waals surface area contributed by atoms with Gasteiger partial charge in [-0.05, 0) is 41.9 Å². The third-order valence-corrected chi connectivity index (χ3v) is 5.80. The molecule has 0 fully saturated rings. The van der Waals surface area contributed by atoms with Gasteiger partial charge in [0.25, 0.3) is 0 Å². The second kappa shape index (κ2) is 11.0. The maximum Gasteiger partial charge on any atom is 0.490 e. The number of aromatic hydroxyl groups is 1. The van der Waals surface area contributed by atoms with Crippen molar-refractivity contribution in [1.82, 2.24) is 10.3 Å². The van der Waals surface area contributed by atoms with Crippen molar-refractivity contribution in [1.29, 1.82) is 0 Å². The Kier molecular flexibility index (Phi) is 8.08. The minimum Gasteiger partial charge on any atom is -0.508 e. The van der Waals surface area contributed by atoms with E-state index in [1.165, 1.54) is 16.0 Å². The number of nitrogens with one attached hydrogen (secondary N) is 2. The number of hydrogen-bond acceptors (Lipinski definition) is 6. The van der Waals surface area contributed by atoms with Crippen LogP contribution in [0.3, 0.4) is 0 Å². The second-order valence-electron chi connectivity index (χ2n) is 7.14. The summed E-state index contributed by atoms with van der Waals surface area (Å²) in [6.45, 7) is 3.97. The summed E-state index contributed by atoms with van der Waals surface area (Å²) in [6, 6.07) is 19.9. The predicted molar refractivity (Wildman–Crippen MR) is 128 cm³/mol. The summed E-state index contributed by atoms with van der Waals surface area (Å²) in [7, 11) is 0. The molecule has 2 aromatic heterocycles. The Bertz CT molecular complexity index is 1260. The minimum atomic E-state index is -5.08. The number of anilines is 2. The van der Waals surface area contributed by atoms with Crippen molar-refractivity contribution in [3.8, 4) is 16.2 Å². The first-order chi connectivity index (χ1) is 16.2. The topological polar surface area (TPSA) is 94.5 Å². The Hall–Kier alpha value is -3.63. The molecular weight excluding hydrogens is 467 g/mol. The Balaban J connectivity index is 0.000000406. The van der Waals surface area contributed by atoms with Crippen LogP contribution in [-0.4, -0.2) is 33.9 Å². The van der Waals surface area contributed by atoms with Crippen LogP contribution in [0.2, 0.25) is 0 Å². The van der Waals surface area contributed by atoms with Crippen molar-refractivity contribution in [2.45, 2.75) is 19.6 Å². The molecule has 0 atom stereocenters. The quantitative estimate of drug-likeness (QED) is 0.259. The van der Waals surface area contributed by atoms with Crippen LogP contribution in [0, 0.1) is 0 Å². The minimum absolute atomic E-state index is 0.245. The third-order valence-electron chi connectivity index (χ3n) is 4.60. The fraction of sp³-hybridized carbons (Fsp3) is 0.167. The highest BCUT2D eigenvalue weighted by atomic mass is 32.1. The highest BCUT2D eigenvalue weighted by molar-refractivity contribution is 7.22. The summed E-state index contributed by atoms with van der Waals surface area (Å²) < 4.78 is 32.8. The number of benzene rings is 2. The number of hydrogen-bond donors (Lipinski definition) is 4. The van der Waals surface area contributed by atoms with E-state index < -0.39 is 12.1 Å². The molecule has 0 radical (unpaired) electrons. The summed E-state index contributed by atoms with van der Waals surface area (Å²) in [5.74, 6) is -2.51. The van der Waals surface area contributed by atoms with E-state index in [1.54, 1.807) is 23.5 Å². The number of aromatic nitrogens is 1. The molecule has 0 amide bonds. The zero-order valence-electron chi connectivity index (χ0n) is 18.1. The van der Waals surface area contributed by atoms with Gasteiger partial charge in [0.15, 0.2) is 0 Å². The molecule has 34 heavy (non-hydrogen) atoms. The summed E-state index contributed by atoms with van der Waals surface area (Å²) in [6.07, 6.45) is -3.27. The van der Waals surface area contributed by atoms with Crippen LogP contribution in [0.5, 0.6) is 5.75 Å². The number of thiophene rings is 1. The number of pyridine rings is 1. The number of rotatable bonds is 6. The Morgan fingerprint density at radius 2 is 1.79 bits per heavy atom. The summed E-state index contributed by atoms with van der Waals surface area (Å²) >= 11 is 1.72. The first-order valence-corrected chi connectivity index (χ1v) is 11.0. The van der Waals surface area contributed by atoms with E-state index in [2.05, 4.69) is 52.9 Å². The van der Waals surface area contributed by atoms with E-state index in [-0.39, 0.29) is 5.75 Å². The van der Waals surface area contributed by atoms with Crippen molar-refractivity contribution >= 4 is 38.9 Å². The molecule has 0 aliphatic heterocycles. The van der Waals surface area contributed by atoms with Gasteiger partial charge in [-0.25, -0.2) is 4.79 Å². The van der Waals surface area contributed by atoms with Crippen LogP contribution >= 0.6 is 11.3 Å². The fourth-order valence-corrected chi connectivity index (χ4v) is 4.06. The van der Waals surface area contributed by atoms with E-state index in [4.69, 9.17) is 9.90 Å². The highest BCUT2D eigenvalue weighted by Crippen LogP contribution is 2.37. The monoisotopic (exact) mass is 489 g/mol. The molecule has 4 N–H and O–H groups in total. The van der Waals surface area contributed by atoms with Crippen molar-refractivity contribution in [3.63, 3.8) is 0 Å². The van der Waals surface area contributed by atoms with Crippen molar-refractivity contribution in [2.75, 3.05) is 11.9 Å². The molecule has 0 unspecified atom stereocenters. The number of carbonyl (C=O) groups is 1. The standard InChI is InChI=1S/C22H21N3OS.C2HF3O2/c1-2-23-14-15-6-8-16(9-7-15)21-13-20-22(27-21)19(10-11-24-20)25-17-4-3-5-18(26)12-17;3-2(4,5)1(6)7/h3-13,23,26H,2,14H2,1H3,(H,24,25);(H,6,7). The number of halogens is 3. The average Bonchev–Trinajstić information content (AvgIpc) is 3.23. The summed E-state index contributed by atoms with van der Waals surface area (Å²) in [4.78, 5) is 14.6. The van der Waals surface area contributed by atoms with E-state index in [0.29, 0.717) is 0 Å². The molecule has 0 saturated heterocycles. The SMILES string of the molecule is CCNCc1ccc(-c2cc3nccc(Nc4cccc(O)c4)c3s2)cc1.O=C(O)C(F)(F)F. The van der Waals surface area contributed by atoms with E-state index in [9.17, 15) is 18.3 Å². The van der Waals surface area contributed by atoms with E-state index in [0.717, 1.165) is 34.7 Å². The lowest BCUT2D eigenvalue weighted by Crippen LogP contribution is -2.21. The first kappa shape index (κ1) is 25.0. The van der Waals surface area contributed by atoms with Gasteiger partial charge in [-0.1, -0.05) is 37.3 Å². The maximum absolute atomic E-state index is 10.6. The lowest BCUT2D eigenvalue weighted by Gasteiger charge is -2.07. The van der Waals surface area contributed by atoms with E-state index >= 15 is 0 Å². The lowest BCUT2D eigenvalue weighted by atomic mass is 10.1. The van der Waals surface area contributed by atoms with Gasteiger partial charge in [-0.2, -0.15) is 13.2 Å². The highest BCUT2D eigenvalue weighted by Gasteiger charge is 2.38. The number of fused-ring (bicyclic) bond motifs is 1. The van der Waals surface area contributed by atoms with Crippen molar-refractivity contribution in [2.24, 2.45) is 0 Å². The molecule has 4 aromatic rings. The lowest BCUT2D eigenvalue weighted by molar-refractivity contribution is -0.192. The zero-order chi connectivity index (χ0) is 24.7. The van der Waals surface area contributed by atoms with Crippen LogP contribution in [0.15, 0.2) is 66.9 Å². The van der Waals surface area contributed by atoms with Crippen LogP contribution in [-0.2, 0) is 11.3 Å². The maximum atomic E-state index is 10.6. The number of carboxylic acids is 1. The molecule has 0 aliphatic rings. The van der Waals surface area contributed by atoms with E-state index in [1.807, 2.05) is 24.4 Å². The second-order valence-corrected chi connectivity index (χ2v) is 8.19. The molecule has 4 rings (SSSR count). The van der Waals surface area contributed by atoms with Gasteiger partial charge in [0, 0.05) is 29.4 Å². The van der Waals surface area contributed by atoms with Crippen LogP contribution < -0.4 is 10.6 Å². The number of phenols is 1. The van der Waals surface area contributed by atoms with Gasteiger partial charge in [-0.3, -0.25) is 4.98 Å². The van der Waals surface area contributed by atoms with Gasteiger partial charge >= 0.3 is 12.1 Å². The van der Waals surface area contributed by atoms with Crippen LogP contribution in [0.1, 0.15) is 12.5 Å². The number of aliphatic carboxylic acids is 1. The van der Waals surface area contributed by atoms with Crippen molar-refractivity contribution in [3.05, 3.63) is 72.4 Å². The molecule has 0 aliphatic carbocycles. The molecule has 0 bridgehead atoms. The zero-order valence-corrected chi connectivity index (χ0v) is 18.9. The molecule has 0 saturated carbocycles. The molecule has 10 heteroatoms. The van der Waals surface area contributed by atoms with Gasteiger partial charge in [0.1, 0.15) is 5.75 Å². The molecule has 0 spiro atoms. The largest absolute Gasteiger partial charge is 0.508 e. The smallest absolute Gasteiger partial charge is 0.490 e. The Morgan fingerprint density at radius 3 is 2.41 bits per heavy atom. The van der Waals surface area contributed by atoms with Crippen LogP contribution in [0.4, 0.5) is 24.5 Å². The normalized spacial score (nSPS) is 11.1. The third kappa shape index (κ3) is 6.69. The average molecular weight is 490 g/mol. The number of alkyl halides is 3. The molecule has 6 nitrogen and oxygen atoms in total.